The summed E-state index contributed by atoms with van der Waals surface area (Å²) in [5, 5.41) is 0.929. The van der Waals surface area contributed by atoms with Gasteiger partial charge < -0.3 is 18.8 Å². The molecular formula is C31H28BrCl2N3O5S. The van der Waals surface area contributed by atoms with Gasteiger partial charge in [0.2, 0.25) is 0 Å². The molecule has 2 aromatic heterocycles. The van der Waals surface area contributed by atoms with Crippen LogP contribution < -0.4 is 24.4 Å². The molecule has 1 atom stereocenters. The van der Waals surface area contributed by atoms with Gasteiger partial charge in [-0.15, -0.1) is 0 Å². The zero-order valence-electron chi connectivity index (χ0n) is 24.3. The predicted molar refractivity (Wildman–Crippen MR) is 173 cm³/mol. The number of methoxy groups -OCH3 is 2. The number of hydrogen-bond donors (Lipinski definition) is 0. The molecule has 1 aliphatic rings. The molecule has 3 heterocycles. The molecule has 1 aliphatic heterocycles. The molecule has 0 radical (unpaired) electrons. The van der Waals surface area contributed by atoms with E-state index in [1.165, 1.54) is 18.4 Å². The normalized spacial score (nSPS) is 14.9. The molecule has 0 bridgehead atoms. The Balaban J connectivity index is 1.73. The van der Waals surface area contributed by atoms with Crippen molar-refractivity contribution in [3.63, 3.8) is 0 Å². The standard InChI is InChI=1S/C31H28BrCl2N3O5S/c1-7-42-30(39)27-16(3)35-31-37(28(27)20-13-24(40-5)25(41-6)14-21(20)32)29(38)26(43-31)11-18-10-15(2)36(17(18)4)19-8-9-22(33)23(34)12-19/h8-14,28H,7H2,1-6H3/b26-11-/t28-/m1/s1. The van der Waals surface area contributed by atoms with E-state index in [2.05, 4.69) is 25.5 Å². The fourth-order valence-corrected chi connectivity index (χ4v) is 7.13. The smallest absolute Gasteiger partial charge is 0.338 e. The molecule has 43 heavy (non-hydrogen) atoms. The molecule has 0 saturated carbocycles. The minimum atomic E-state index is -0.824. The predicted octanol–water partition coefficient (Wildman–Crippen LogP) is 6.29. The van der Waals surface area contributed by atoms with E-state index >= 15 is 0 Å². The molecule has 12 heteroatoms. The lowest BCUT2D eigenvalue weighted by atomic mass is 9.95. The van der Waals surface area contributed by atoms with Crippen molar-refractivity contribution in [2.75, 3.05) is 20.8 Å². The number of rotatable bonds is 7. The number of halogens is 3. The molecule has 0 aliphatic carbocycles. The van der Waals surface area contributed by atoms with Gasteiger partial charge in [0.05, 0.1) is 52.7 Å². The molecule has 0 spiro atoms. The van der Waals surface area contributed by atoms with E-state index in [0.717, 1.165) is 22.6 Å². The molecule has 224 valence electrons. The number of aryl methyl sites for hydroxylation is 1. The highest BCUT2D eigenvalue weighted by Gasteiger charge is 2.35. The van der Waals surface area contributed by atoms with Crippen LogP contribution >= 0.6 is 50.5 Å². The topological polar surface area (TPSA) is 84.1 Å². The number of ether oxygens (including phenoxy) is 3. The third-order valence-corrected chi connectivity index (χ3v) is 9.64. The molecule has 4 aromatic rings. The van der Waals surface area contributed by atoms with Gasteiger partial charge >= 0.3 is 5.97 Å². The van der Waals surface area contributed by atoms with E-state index in [1.807, 2.05) is 38.1 Å². The Labute approximate surface area is 270 Å². The van der Waals surface area contributed by atoms with Gasteiger partial charge in [0.1, 0.15) is 0 Å². The maximum absolute atomic E-state index is 14.2. The summed E-state index contributed by atoms with van der Waals surface area (Å²) in [5.74, 6) is 0.409. The van der Waals surface area contributed by atoms with Crippen molar-refractivity contribution in [3.05, 3.63) is 104 Å². The maximum atomic E-state index is 14.2. The van der Waals surface area contributed by atoms with Crippen molar-refractivity contribution < 1.29 is 19.0 Å². The minimum Gasteiger partial charge on any atom is -0.493 e. The van der Waals surface area contributed by atoms with E-state index in [4.69, 9.17) is 37.4 Å². The molecule has 8 nitrogen and oxygen atoms in total. The number of carbonyl (C=O) groups excluding carboxylic acids is 1. The van der Waals surface area contributed by atoms with Crippen LogP contribution in [-0.2, 0) is 9.53 Å². The first-order valence-electron chi connectivity index (χ1n) is 13.3. The SMILES string of the molecule is CCOC(=O)C1=C(C)N=c2s/c(=C\c3cc(C)n(-c4ccc(Cl)c(Cl)c4)c3C)c(=O)n2[C@@H]1c1cc(OC)c(OC)cc1Br. The van der Waals surface area contributed by atoms with Crippen molar-refractivity contribution in [2.45, 2.75) is 33.7 Å². The highest BCUT2D eigenvalue weighted by Crippen LogP contribution is 2.41. The van der Waals surface area contributed by atoms with Crippen LogP contribution in [0.2, 0.25) is 10.0 Å². The monoisotopic (exact) mass is 703 g/mol. The van der Waals surface area contributed by atoms with Crippen LogP contribution in [0.3, 0.4) is 0 Å². The molecule has 0 saturated heterocycles. The summed E-state index contributed by atoms with van der Waals surface area (Å²) in [4.78, 5) is 32.6. The lowest BCUT2D eigenvalue weighted by Gasteiger charge is -2.26. The van der Waals surface area contributed by atoms with E-state index in [0.29, 0.717) is 46.6 Å². The fourth-order valence-electron chi connectivity index (χ4n) is 5.26. The van der Waals surface area contributed by atoms with Gasteiger partial charge in [-0.1, -0.05) is 50.5 Å². The first kappa shape index (κ1) is 31.1. The number of aromatic nitrogens is 2. The maximum Gasteiger partial charge on any atom is 0.338 e. The number of carbonyl (C=O) groups is 1. The first-order valence-corrected chi connectivity index (χ1v) is 15.6. The lowest BCUT2D eigenvalue weighted by Crippen LogP contribution is -2.40. The van der Waals surface area contributed by atoms with Gasteiger partial charge in [-0.05, 0) is 81.3 Å². The minimum absolute atomic E-state index is 0.175. The number of hydrogen-bond acceptors (Lipinski definition) is 7. The van der Waals surface area contributed by atoms with Gasteiger partial charge in [-0.2, -0.15) is 0 Å². The third kappa shape index (κ3) is 5.57. The second-order valence-electron chi connectivity index (χ2n) is 9.79. The summed E-state index contributed by atoms with van der Waals surface area (Å²) in [6, 6.07) is 10.2. The Morgan fingerprint density at radius 3 is 2.42 bits per heavy atom. The van der Waals surface area contributed by atoms with Crippen molar-refractivity contribution in [2.24, 2.45) is 4.99 Å². The zero-order chi connectivity index (χ0) is 31.2. The van der Waals surface area contributed by atoms with Crippen LogP contribution in [0.5, 0.6) is 11.5 Å². The van der Waals surface area contributed by atoms with Crippen LogP contribution in [0.15, 0.2) is 61.9 Å². The van der Waals surface area contributed by atoms with E-state index in [1.54, 1.807) is 43.7 Å². The highest BCUT2D eigenvalue weighted by molar-refractivity contribution is 9.10. The average Bonchev–Trinajstić information content (AvgIpc) is 3.42. The number of esters is 1. The van der Waals surface area contributed by atoms with Crippen molar-refractivity contribution in [1.29, 1.82) is 0 Å². The van der Waals surface area contributed by atoms with Crippen molar-refractivity contribution in [3.8, 4) is 17.2 Å². The number of fused-ring (bicyclic) bond motifs is 1. The number of thiazole rings is 1. The Bertz CT molecular complexity index is 1990. The Morgan fingerprint density at radius 1 is 1.07 bits per heavy atom. The lowest BCUT2D eigenvalue weighted by molar-refractivity contribution is -0.139. The van der Waals surface area contributed by atoms with Gasteiger partial charge in [-0.3, -0.25) is 9.36 Å². The number of benzene rings is 2. The van der Waals surface area contributed by atoms with Gasteiger partial charge in [0.15, 0.2) is 16.3 Å². The van der Waals surface area contributed by atoms with Gasteiger partial charge in [-0.25, -0.2) is 9.79 Å². The quantitative estimate of drug-likeness (QED) is 0.211. The highest BCUT2D eigenvalue weighted by atomic mass is 79.9. The van der Waals surface area contributed by atoms with Crippen LogP contribution in [0, 0.1) is 13.8 Å². The average molecular weight is 705 g/mol. The first-order chi connectivity index (χ1) is 20.5. The van der Waals surface area contributed by atoms with Crippen LogP contribution in [-0.4, -0.2) is 35.9 Å². The summed E-state index contributed by atoms with van der Waals surface area (Å²) < 4.78 is 21.1. The second kappa shape index (κ2) is 12.4. The number of nitrogens with zero attached hydrogens (tertiary/aromatic N) is 3. The van der Waals surface area contributed by atoms with Gasteiger partial charge in [0.25, 0.3) is 5.56 Å². The van der Waals surface area contributed by atoms with Crippen LogP contribution in [0.4, 0.5) is 0 Å². The summed E-state index contributed by atoms with van der Waals surface area (Å²) in [6.45, 7) is 7.62. The Morgan fingerprint density at radius 2 is 1.77 bits per heavy atom. The summed E-state index contributed by atoms with van der Waals surface area (Å²) in [5.41, 5.74) is 4.68. The Hall–Kier alpha value is -3.31. The van der Waals surface area contributed by atoms with Crippen molar-refractivity contribution >= 4 is 62.5 Å². The second-order valence-corrected chi connectivity index (χ2v) is 12.5. The molecule has 5 rings (SSSR count). The Kier molecular flexibility index (Phi) is 8.94. The third-order valence-electron chi connectivity index (χ3n) is 7.23. The van der Waals surface area contributed by atoms with E-state index in [9.17, 15) is 9.59 Å². The summed E-state index contributed by atoms with van der Waals surface area (Å²) >= 11 is 17.3. The molecule has 2 aromatic carbocycles. The molecule has 0 fully saturated rings. The molecule has 0 unspecified atom stereocenters. The largest absolute Gasteiger partial charge is 0.493 e. The fraction of sp³-hybridized carbons (Fsp3) is 0.258. The van der Waals surface area contributed by atoms with E-state index < -0.39 is 12.0 Å². The molecular weight excluding hydrogens is 677 g/mol. The molecule has 0 amide bonds. The van der Waals surface area contributed by atoms with Gasteiger partial charge in [0, 0.05) is 21.5 Å². The van der Waals surface area contributed by atoms with Crippen LogP contribution in [0.1, 0.15) is 42.4 Å². The van der Waals surface area contributed by atoms with E-state index in [-0.39, 0.29) is 17.7 Å². The zero-order valence-corrected chi connectivity index (χ0v) is 28.2. The molecule has 0 N–H and O–H groups in total. The van der Waals surface area contributed by atoms with Crippen molar-refractivity contribution in [1.82, 2.24) is 9.13 Å². The van der Waals surface area contributed by atoms with Crippen LogP contribution in [0.25, 0.3) is 11.8 Å². The number of allylic oxidation sites excluding steroid dienone is 1. The summed E-state index contributed by atoms with van der Waals surface area (Å²) in [6.07, 6.45) is 1.85. The summed E-state index contributed by atoms with van der Waals surface area (Å²) in [7, 11) is 3.07.